The summed E-state index contributed by atoms with van der Waals surface area (Å²) >= 11 is 0. The molecule has 2 N–H and O–H groups in total. The molecule has 0 spiro atoms. The molecule has 0 amide bonds. The number of ether oxygens (including phenoxy) is 2. The van der Waals surface area contributed by atoms with Gasteiger partial charge in [-0.1, -0.05) is 26.3 Å². The first-order valence-electron chi connectivity index (χ1n) is 6.76. The van der Waals surface area contributed by atoms with Gasteiger partial charge < -0.3 is 19.3 Å². The molecule has 0 aromatic heterocycles. The van der Waals surface area contributed by atoms with Crippen molar-refractivity contribution >= 4 is 19.5 Å². The number of carbonyl (C=O) groups excluding carboxylic acids is 2. The Morgan fingerprint density at radius 3 is 2.33 bits per heavy atom. The lowest BCUT2D eigenvalue weighted by atomic mass is 10.2. The second kappa shape index (κ2) is 9.71. The third-order valence-corrected chi connectivity index (χ3v) is 3.31. The van der Waals surface area contributed by atoms with Crippen LogP contribution in [0.25, 0.3) is 0 Å². The molecule has 0 radical (unpaired) electrons. The van der Waals surface area contributed by atoms with Crippen molar-refractivity contribution in [1.29, 1.82) is 0 Å². The monoisotopic (exact) mass is 322 g/mol. The van der Waals surface area contributed by atoms with Crippen LogP contribution < -0.4 is 0 Å². The van der Waals surface area contributed by atoms with Gasteiger partial charge in [0.05, 0.1) is 12.6 Å². The Hall–Kier alpha value is -1.17. The maximum atomic E-state index is 11.5. The molecule has 0 aromatic rings. The highest BCUT2D eigenvalue weighted by Crippen LogP contribution is 2.34. The lowest BCUT2D eigenvalue weighted by Gasteiger charge is -2.18. The second-order valence-electron chi connectivity index (χ2n) is 4.74. The number of rotatable bonds is 10. The van der Waals surface area contributed by atoms with Gasteiger partial charge in [0, 0.05) is 12.0 Å². The molecule has 0 rings (SSSR count). The SMILES string of the molecule is C=C(C)C(=O)OC(CCCCC)OC(=O)CCP(=O)(O)O. The molecule has 0 aliphatic rings. The van der Waals surface area contributed by atoms with Crippen LogP contribution >= 0.6 is 7.60 Å². The largest absolute Gasteiger partial charge is 0.425 e. The highest BCUT2D eigenvalue weighted by Gasteiger charge is 2.21. The van der Waals surface area contributed by atoms with Crippen LogP contribution in [0, 0.1) is 0 Å². The van der Waals surface area contributed by atoms with Gasteiger partial charge in [-0.3, -0.25) is 9.36 Å². The summed E-state index contributed by atoms with van der Waals surface area (Å²) in [4.78, 5) is 40.3. The van der Waals surface area contributed by atoms with Gasteiger partial charge in [-0.15, -0.1) is 0 Å². The van der Waals surface area contributed by atoms with Crippen molar-refractivity contribution < 1.29 is 33.4 Å². The van der Waals surface area contributed by atoms with Crippen molar-refractivity contribution in [2.45, 2.75) is 52.2 Å². The molecule has 0 aliphatic carbocycles. The van der Waals surface area contributed by atoms with Gasteiger partial charge in [0.1, 0.15) is 0 Å². The van der Waals surface area contributed by atoms with E-state index in [9.17, 15) is 14.2 Å². The van der Waals surface area contributed by atoms with E-state index in [1.54, 1.807) is 0 Å². The van der Waals surface area contributed by atoms with Gasteiger partial charge in [0.25, 0.3) is 0 Å². The van der Waals surface area contributed by atoms with Crippen molar-refractivity contribution in [2.24, 2.45) is 0 Å². The lowest BCUT2D eigenvalue weighted by molar-refractivity contribution is -0.186. The van der Waals surface area contributed by atoms with E-state index in [4.69, 9.17) is 19.3 Å². The lowest BCUT2D eigenvalue weighted by Crippen LogP contribution is -2.25. The molecule has 21 heavy (non-hydrogen) atoms. The molecule has 0 saturated heterocycles. The number of esters is 2. The van der Waals surface area contributed by atoms with Crippen molar-refractivity contribution in [3.8, 4) is 0 Å². The van der Waals surface area contributed by atoms with Crippen LogP contribution in [-0.2, 0) is 23.6 Å². The highest BCUT2D eigenvalue weighted by molar-refractivity contribution is 7.51. The number of hydrogen-bond donors (Lipinski definition) is 2. The fourth-order valence-electron chi connectivity index (χ4n) is 1.37. The molecule has 0 aromatic carbocycles. The van der Waals surface area contributed by atoms with Crippen molar-refractivity contribution in [3.63, 3.8) is 0 Å². The first-order valence-corrected chi connectivity index (χ1v) is 8.56. The molecule has 7 nitrogen and oxygen atoms in total. The summed E-state index contributed by atoms with van der Waals surface area (Å²) in [6.07, 6.45) is 0.811. The van der Waals surface area contributed by atoms with Gasteiger partial charge >= 0.3 is 19.5 Å². The summed E-state index contributed by atoms with van der Waals surface area (Å²) in [5.74, 6) is -1.48. The molecule has 0 bridgehead atoms. The average molecular weight is 322 g/mol. The zero-order valence-electron chi connectivity index (χ0n) is 12.4. The van der Waals surface area contributed by atoms with E-state index in [0.29, 0.717) is 12.8 Å². The quantitative estimate of drug-likeness (QED) is 0.208. The first kappa shape index (κ1) is 19.8. The zero-order valence-corrected chi connectivity index (χ0v) is 13.3. The topological polar surface area (TPSA) is 110 Å². The zero-order chi connectivity index (χ0) is 16.5. The van der Waals surface area contributed by atoms with E-state index < -0.39 is 38.4 Å². The molecule has 0 saturated carbocycles. The molecule has 0 aliphatic heterocycles. The van der Waals surface area contributed by atoms with Gasteiger partial charge in [-0.25, -0.2) is 4.79 Å². The van der Waals surface area contributed by atoms with Crippen LogP contribution in [0.3, 0.4) is 0 Å². The predicted octanol–water partition coefficient (Wildman–Crippen LogP) is 2.12. The van der Waals surface area contributed by atoms with E-state index in [1.807, 2.05) is 6.92 Å². The standard InChI is InChI=1S/C13H23O7P/c1-4-5-6-7-12(20-13(15)10(2)3)19-11(14)8-9-21(16,17)18/h12H,2,4-9H2,1,3H3,(H2,16,17,18). The van der Waals surface area contributed by atoms with Crippen LogP contribution in [0.15, 0.2) is 12.2 Å². The summed E-state index contributed by atoms with van der Waals surface area (Å²) in [5, 5.41) is 0. The summed E-state index contributed by atoms with van der Waals surface area (Å²) in [6.45, 7) is 6.91. The van der Waals surface area contributed by atoms with E-state index in [-0.39, 0.29) is 5.57 Å². The normalized spacial score (nSPS) is 12.6. The highest BCUT2D eigenvalue weighted by atomic mass is 31.2. The maximum Gasteiger partial charge on any atom is 0.336 e. The van der Waals surface area contributed by atoms with Crippen LogP contribution in [-0.4, -0.2) is 34.2 Å². The Bertz CT molecular complexity index is 413. The van der Waals surface area contributed by atoms with Crippen LogP contribution in [0.2, 0.25) is 0 Å². The third kappa shape index (κ3) is 11.2. The van der Waals surface area contributed by atoms with E-state index >= 15 is 0 Å². The van der Waals surface area contributed by atoms with Crippen molar-refractivity contribution in [3.05, 3.63) is 12.2 Å². The van der Waals surface area contributed by atoms with Crippen molar-refractivity contribution in [2.75, 3.05) is 6.16 Å². The molecule has 8 heteroatoms. The fourth-order valence-corrected chi connectivity index (χ4v) is 1.84. The molecule has 122 valence electrons. The number of unbranched alkanes of at least 4 members (excludes halogenated alkanes) is 2. The first-order chi connectivity index (χ1) is 9.65. The van der Waals surface area contributed by atoms with Crippen LogP contribution in [0.5, 0.6) is 0 Å². The smallest absolute Gasteiger partial charge is 0.336 e. The third-order valence-electron chi connectivity index (χ3n) is 2.50. The summed E-state index contributed by atoms with van der Waals surface area (Å²) in [7, 11) is -4.25. The van der Waals surface area contributed by atoms with Gasteiger partial charge in [-0.05, 0) is 13.3 Å². The Kier molecular flexibility index (Phi) is 9.17. The van der Waals surface area contributed by atoms with Crippen LogP contribution in [0.1, 0.15) is 46.0 Å². The minimum Gasteiger partial charge on any atom is -0.425 e. The molecular weight excluding hydrogens is 299 g/mol. The molecule has 0 fully saturated rings. The molecule has 1 atom stereocenters. The summed E-state index contributed by atoms with van der Waals surface area (Å²) in [6, 6.07) is 0. The minimum atomic E-state index is -4.25. The molecule has 0 heterocycles. The van der Waals surface area contributed by atoms with E-state index in [1.165, 1.54) is 6.92 Å². The summed E-state index contributed by atoms with van der Waals surface area (Å²) in [5.41, 5.74) is 0.182. The maximum absolute atomic E-state index is 11.5. The second-order valence-corrected chi connectivity index (χ2v) is 6.52. The molecule has 1 unspecified atom stereocenters. The van der Waals surface area contributed by atoms with Gasteiger partial charge in [0.15, 0.2) is 0 Å². The van der Waals surface area contributed by atoms with E-state index in [2.05, 4.69) is 6.58 Å². The predicted molar refractivity (Wildman–Crippen MR) is 76.5 cm³/mol. The molecular formula is C13H23O7P. The van der Waals surface area contributed by atoms with Crippen LogP contribution in [0.4, 0.5) is 0 Å². The number of carbonyl (C=O) groups is 2. The van der Waals surface area contributed by atoms with Crippen molar-refractivity contribution in [1.82, 2.24) is 0 Å². The average Bonchev–Trinajstić information content (AvgIpc) is 2.35. The Morgan fingerprint density at radius 1 is 1.24 bits per heavy atom. The Morgan fingerprint density at radius 2 is 1.86 bits per heavy atom. The fraction of sp³-hybridized carbons (Fsp3) is 0.692. The Balaban J connectivity index is 4.43. The van der Waals surface area contributed by atoms with Gasteiger partial charge in [-0.2, -0.15) is 0 Å². The van der Waals surface area contributed by atoms with E-state index in [0.717, 1.165) is 12.8 Å². The number of hydrogen-bond acceptors (Lipinski definition) is 5. The summed E-state index contributed by atoms with van der Waals surface area (Å²) < 4.78 is 20.6. The van der Waals surface area contributed by atoms with Gasteiger partial charge in [0.2, 0.25) is 6.29 Å². The Labute approximate surface area is 124 Å². The minimum absolute atomic E-state index is 0.182.